The molecule has 0 spiro atoms. The Bertz CT molecular complexity index is 131. The summed E-state index contributed by atoms with van der Waals surface area (Å²) in [5, 5.41) is 0. The van der Waals surface area contributed by atoms with Crippen LogP contribution < -0.4 is 0 Å². The zero-order chi connectivity index (χ0) is 6.69. The highest BCUT2D eigenvalue weighted by Gasteiger charge is 2.08. The first-order chi connectivity index (χ1) is 4.34. The summed E-state index contributed by atoms with van der Waals surface area (Å²) in [4.78, 5) is 0. The molecule has 1 aliphatic rings. The minimum Gasteiger partial charge on any atom is -0.102 e. The van der Waals surface area contributed by atoms with Gasteiger partial charge in [-0.2, -0.15) is 0 Å². The standard InChI is InChI=1S/C9H14/c1-3-9-7-5-4-6-8(9)2/h3,6,9H,1,4-5,7H2,2H3. The summed E-state index contributed by atoms with van der Waals surface area (Å²) in [5.41, 5.74) is 1.51. The number of allylic oxidation sites excluding steroid dienone is 3. The summed E-state index contributed by atoms with van der Waals surface area (Å²) in [6, 6.07) is 0. The van der Waals surface area contributed by atoms with E-state index < -0.39 is 0 Å². The summed E-state index contributed by atoms with van der Waals surface area (Å²) in [5.74, 6) is 0.679. The van der Waals surface area contributed by atoms with E-state index >= 15 is 0 Å². The van der Waals surface area contributed by atoms with Crippen molar-refractivity contribution in [3.05, 3.63) is 24.3 Å². The molecule has 0 bridgehead atoms. The third kappa shape index (κ3) is 1.44. The van der Waals surface area contributed by atoms with Crippen molar-refractivity contribution in [2.75, 3.05) is 0 Å². The molecule has 1 aliphatic carbocycles. The average Bonchev–Trinajstić information content (AvgIpc) is 1.89. The monoisotopic (exact) mass is 122 g/mol. The molecule has 0 radical (unpaired) electrons. The Morgan fingerprint density at radius 3 is 3.00 bits per heavy atom. The van der Waals surface area contributed by atoms with Crippen LogP contribution in [0.3, 0.4) is 0 Å². The van der Waals surface area contributed by atoms with Gasteiger partial charge in [-0.25, -0.2) is 0 Å². The average molecular weight is 122 g/mol. The maximum absolute atomic E-state index is 3.79. The van der Waals surface area contributed by atoms with Crippen LogP contribution in [0, 0.1) is 5.92 Å². The van der Waals surface area contributed by atoms with Crippen LogP contribution in [0.5, 0.6) is 0 Å². The Balaban J connectivity index is 2.60. The van der Waals surface area contributed by atoms with Gasteiger partial charge in [0.15, 0.2) is 0 Å². The van der Waals surface area contributed by atoms with Gasteiger partial charge in [0.05, 0.1) is 0 Å². The third-order valence-electron chi connectivity index (χ3n) is 2.05. The van der Waals surface area contributed by atoms with E-state index in [9.17, 15) is 0 Å². The summed E-state index contributed by atoms with van der Waals surface area (Å²) in [6.07, 6.45) is 8.32. The van der Waals surface area contributed by atoms with Gasteiger partial charge in [0.2, 0.25) is 0 Å². The molecule has 0 amide bonds. The lowest BCUT2D eigenvalue weighted by Gasteiger charge is -2.17. The van der Waals surface area contributed by atoms with E-state index in [0.717, 1.165) is 0 Å². The van der Waals surface area contributed by atoms with Crippen molar-refractivity contribution >= 4 is 0 Å². The number of hydrogen-bond acceptors (Lipinski definition) is 0. The maximum atomic E-state index is 3.79. The molecule has 0 saturated heterocycles. The maximum Gasteiger partial charge on any atom is -0.00286 e. The fourth-order valence-electron chi connectivity index (χ4n) is 1.35. The highest BCUT2D eigenvalue weighted by atomic mass is 14.1. The second-order valence-corrected chi connectivity index (χ2v) is 2.72. The van der Waals surface area contributed by atoms with Crippen molar-refractivity contribution in [1.29, 1.82) is 0 Å². The number of rotatable bonds is 1. The first-order valence-corrected chi connectivity index (χ1v) is 3.64. The van der Waals surface area contributed by atoms with Crippen LogP contribution in [0.25, 0.3) is 0 Å². The summed E-state index contributed by atoms with van der Waals surface area (Å²) in [7, 11) is 0. The molecule has 0 aromatic rings. The van der Waals surface area contributed by atoms with E-state index in [-0.39, 0.29) is 0 Å². The van der Waals surface area contributed by atoms with E-state index in [1.807, 2.05) is 0 Å². The quantitative estimate of drug-likeness (QED) is 0.469. The highest BCUT2D eigenvalue weighted by molar-refractivity contribution is 5.11. The largest absolute Gasteiger partial charge is 0.102 e. The second-order valence-electron chi connectivity index (χ2n) is 2.72. The van der Waals surface area contributed by atoms with Gasteiger partial charge in [0, 0.05) is 0 Å². The molecule has 0 heterocycles. The van der Waals surface area contributed by atoms with Gasteiger partial charge >= 0.3 is 0 Å². The SMILES string of the molecule is C=CC1CCCC=C1C. The molecular formula is C9H14. The van der Waals surface area contributed by atoms with Crippen LogP contribution in [-0.2, 0) is 0 Å². The zero-order valence-corrected chi connectivity index (χ0v) is 6.06. The Hall–Kier alpha value is -0.520. The predicted molar refractivity (Wildman–Crippen MR) is 41.3 cm³/mol. The molecule has 0 aliphatic heterocycles. The van der Waals surface area contributed by atoms with E-state index in [1.165, 1.54) is 24.8 Å². The lowest BCUT2D eigenvalue weighted by molar-refractivity contribution is 0.599. The molecular weight excluding hydrogens is 108 g/mol. The van der Waals surface area contributed by atoms with Crippen molar-refractivity contribution in [2.45, 2.75) is 26.2 Å². The van der Waals surface area contributed by atoms with Crippen molar-refractivity contribution in [3.63, 3.8) is 0 Å². The molecule has 9 heavy (non-hydrogen) atoms. The van der Waals surface area contributed by atoms with E-state index in [2.05, 4.69) is 25.7 Å². The molecule has 50 valence electrons. The Morgan fingerprint density at radius 2 is 2.56 bits per heavy atom. The van der Waals surface area contributed by atoms with E-state index in [4.69, 9.17) is 0 Å². The van der Waals surface area contributed by atoms with Crippen molar-refractivity contribution < 1.29 is 0 Å². The molecule has 0 aromatic heterocycles. The normalized spacial score (nSPS) is 27.2. The molecule has 0 N–H and O–H groups in total. The van der Waals surface area contributed by atoms with Gasteiger partial charge in [0.1, 0.15) is 0 Å². The fourth-order valence-corrected chi connectivity index (χ4v) is 1.35. The fraction of sp³-hybridized carbons (Fsp3) is 0.556. The molecule has 1 unspecified atom stereocenters. The molecule has 0 saturated carbocycles. The van der Waals surface area contributed by atoms with Crippen LogP contribution in [0.1, 0.15) is 26.2 Å². The zero-order valence-electron chi connectivity index (χ0n) is 6.06. The lowest BCUT2D eigenvalue weighted by Crippen LogP contribution is -2.01. The summed E-state index contributed by atoms with van der Waals surface area (Å²) < 4.78 is 0. The highest BCUT2D eigenvalue weighted by Crippen LogP contribution is 2.24. The van der Waals surface area contributed by atoms with Gasteiger partial charge in [-0.3, -0.25) is 0 Å². The summed E-state index contributed by atoms with van der Waals surface area (Å²) in [6.45, 7) is 5.99. The molecule has 0 heteroatoms. The molecule has 0 fully saturated rings. The van der Waals surface area contributed by atoms with Crippen LogP contribution in [0.2, 0.25) is 0 Å². The molecule has 0 nitrogen and oxygen atoms in total. The first kappa shape index (κ1) is 6.60. The van der Waals surface area contributed by atoms with Gasteiger partial charge in [0.25, 0.3) is 0 Å². The molecule has 0 aromatic carbocycles. The van der Waals surface area contributed by atoms with E-state index in [1.54, 1.807) is 0 Å². The molecule has 1 rings (SSSR count). The number of hydrogen-bond donors (Lipinski definition) is 0. The van der Waals surface area contributed by atoms with Crippen LogP contribution in [-0.4, -0.2) is 0 Å². The van der Waals surface area contributed by atoms with Gasteiger partial charge in [-0.15, -0.1) is 6.58 Å². The third-order valence-corrected chi connectivity index (χ3v) is 2.05. The van der Waals surface area contributed by atoms with Gasteiger partial charge in [-0.05, 0) is 32.1 Å². The van der Waals surface area contributed by atoms with Crippen LogP contribution >= 0.6 is 0 Å². The minimum atomic E-state index is 0.679. The van der Waals surface area contributed by atoms with Gasteiger partial charge in [-0.1, -0.05) is 17.7 Å². The Kier molecular flexibility index (Phi) is 2.10. The van der Waals surface area contributed by atoms with Crippen LogP contribution in [0.4, 0.5) is 0 Å². The van der Waals surface area contributed by atoms with Crippen molar-refractivity contribution in [1.82, 2.24) is 0 Å². The van der Waals surface area contributed by atoms with Crippen molar-refractivity contribution in [2.24, 2.45) is 5.92 Å². The van der Waals surface area contributed by atoms with E-state index in [0.29, 0.717) is 5.92 Å². The molecule has 1 atom stereocenters. The second kappa shape index (κ2) is 2.86. The van der Waals surface area contributed by atoms with Crippen molar-refractivity contribution in [3.8, 4) is 0 Å². The Labute approximate surface area is 57.3 Å². The first-order valence-electron chi connectivity index (χ1n) is 3.64. The smallest absolute Gasteiger partial charge is 0.00286 e. The lowest BCUT2D eigenvalue weighted by atomic mass is 9.89. The predicted octanol–water partition coefficient (Wildman–Crippen LogP) is 2.92. The topological polar surface area (TPSA) is 0 Å². The summed E-state index contributed by atoms with van der Waals surface area (Å²) >= 11 is 0. The Morgan fingerprint density at radius 1 is 1.78 bits per heavy atom. The van der Waals surface area contributed by atoms with Gasteiger partial charge < -0.3 is 0 Å². The minimum absolute atomic E-state index is 0.679. The van der Waals surface area contributed by atoms with Crippen LogP contribution in [0.15, 0.2) is 24.3 Å².